The number of hydrogen-bond donors (Lipinski definition) is 1. The maximum Gasteiger partial charge on any atom is 0.226 e. The average Bonchev–Trinajstić information content (AvgIpc) is 3.24. The number of carbonyl (C=O) groups excluding carboxylic acids is 1. The zero-order valence-corrected chi connectivity index (χ0v) is 16.8. The lowest BCUT2D eigenvalue weighted by atomic mass is 9.91. The SMILES string of the molecule is O=C(Cc1csc(-c2ccccc2)n1)NCC(c1ccccc1)c1ccccc1. The molecule has 144 valence electrons. The van der Waals surface area contributed by atoms with Crippen LogP contribution in [0.25, 0.3) is 10.6 Å². The van der Waals surface area contributed by atoms with Gasteiger partial charge >= 0.3 is 0 Å². The Balaban J connectivity index is 1.42. The Hall–Kier alpha value is -3.24. The number of hydrogen-bond acceptors (Lipinski definition) is 3. The first-order valence-electron chi connectivity index (χ1n) is 9.66. The number of nitrogens with one attached hydrogen (secondary N) is 1. The van der Waals surface area contributed by atoms with E-state index in [1.54, 1.807) is 11.3 Å². The molecule has 29 heavy (non-hydrogen) atoms. The molecular weight excluding hydrogens is 376 g/mol. The first-order valence-corrected chi connectivity index (χ1v) is 10.5. The van der Waals surface area contributed by atoms with Gasteiger partial charge in [-0.25, -0.2) is 4.98 Å². The van der Waals surface area contributed by atoms with E-state index in [4.69, 9.17) is 0 Å². The molecule has 3 aromatic carbocycles. The Labute approximate surface area is 175 Å². The predicted molar refractivity (Wildman–Crippen MR) is 119 cm³/mol. The van der Waals surface area contributed by atoms with Crippen LogP contribution in [0.15, 0.2) is 96.4 Å². The molecule has 3 nitrogen and oxygen atoms in total. The molecule has 0 fully saturated rings. The summed E-state index contributed by atoms with van der Waals surface area (Å²) in [5.74, 6) is 0.114. The van der Waals surface area contributed by atoms with Crippen LogP contribution in [0.1, 0.15) is 22.7 Å². The summed E-state index contributed by atoms with van der Waals surface area (Å²) in [4.78, 5) is 17.2. The van der Waals surface area contributed by atoms with Crippen molar-refractivity contribution in [3.63, 3.8) is 0 Å². The third kappa shape index (κ3) is 4.98. The largest absolute Gasteiger partial charge is 0.355 e. The van der Waals surface area contributed by atoms with Gasteiger partial charge in [-0.1, -0.05) is 91.0 Å². The number of amides is 1. The van der Waals surface area contributed by atoms with Crippen LogP contribution in [-0.4, -0.2) is 17.4 Å². The van der Waals surface area contributed by atoms with Gasteiger partial charge in [-0.3, -0.25) is 4.79 Å². The molecule has 0 spiro atoms. The molecule has 1 N–H and O–H groups in total. The van der Waals surface area contributed by atoms with Crippen molar-refractivity contribution in [2.24, 2.45) is 0 Å². The van der Waals surface area contributed by atoms with Crippen LogP contribution in [0, 0.1) is 0 Å². The molecule has 0 saturated carbocycles. The van der Waals surface area contributed by atoms with Gasteiger partial charge in [0.15, 0.2) is 0 Å². The summed E-state index contributed by atoms with van der Waals surface area (Å²) < 4.78 is 0. The highest BCUT2D eigenvalue weighted by Crippen LogP contribution is 2.25. The fourth-order valence-electron chi connectivity index (χ4n) is 3.34. The summed E-state index contributed by atoms with van der Waals surface area (Å²) in [6, 6.07) is 30.6. The predicted octanol–water partition coefficient (Wildman–Crippen LogP) is 5.30. The normalized spacial score (nSPS) is 10.8. The van der Waals surface area contributed by atoms with E-state index in [1.807, 2.05) is 72.1 Å². The lowest BCUT2D eigenvalue weighted by Gasteiger charge is -2.18. The number of thiazole rings is 1. The minimum absolute atomic E-state index is 0.00762. The van der Waals surface area contributed by atoms with Gasteiger partial charge in [0.1, 0.15) is 5.01 Å². The van der Waals surface area contributed by atoms with Gasteiger partial charge in [0.2, 0.25) is 5.91 Å². The molecule has 0 aliphatic heterocycles. The molecule has 1 aromatic heterocycles. The number of carbonyl (C=O) groups is 1. The number of aromatic nitrogens is 1. The molecule has 0 aliphatic carbocycles. The fraction of sp³-hybridized carbons (Fsp3) is 0.120. The summed E-state index contributed by atoms with van der Waals surface area (Å²) in [5, 5.41) is 6.01. The van der Waals surface area contributed by atoms with Crippen LogP contribution in [0.5, 0.6) is 0 Å². The highest BCUT2D eigenvalue weighted by molar-refractivity contribution is 7.13. The summed E-state index contributed by atoms with van der Waals surface area (Å²) >= 11 is 1.57. The summed E-state index contributed by atoms with van der Waals surface area (Å²) in [5.41, 5.74) is 4.28. The van der Waals surface area contributed by atoms with Crippen LogP contribution >= 0.6 is 11.3 Å². The van der Waals surface area contributed by atoms with Crippen molar-refractivity contribution in [1.82, 2.24) is 10.3 Å². The van der Waals surface area contributed by atoms with Crippen molar-refractivity contribution in [3.8, 4) is 10.6 Å². The van der Waals surface area contributed by atoms with E-state index in [-0.39, 0.29) is 11.8 Å². The standard InChI is InChI=1S/C25H22N2OS/c28-24(16-22-18-29-25(27-22)21-14-8-3-9-15-21)26-17-23(19-10-4-1-5-11-19)20-12-6-2-7-13-20/h1-15,18,23H,16-17H2,(H,26,28). The third-order valence-electron chi connectivity index (χ3n) is 4.82. The van der Waals surface area contributed by atoms with Gasteiger partial charge in [-0.05, 0) is 11.1 Å². The second-order valence-electron chi connectivity index (χ2n) is 6.86. The maximum atomic E-state index is 12.6. The van der Waals surface area contributed by atoms with Crippen LogP contribution in [-0.2, 0) is 11.2 Å². The molecular formula is C25H22N2OS. The molecule has 0 unspecified atom stereocenters. The smallest absolute Gasteiger partial charge is 0.226 e. The Kier molecular flexibility index (Phi) is 6.13. The molecule has 4 heteroatoms. The van der Waals surface area contributed by atoms with E-state index in [0.29, 0.717) is 13.0 Å². The van der Waals surface area contributed by atoms with Gasteiger partial charge in [0.05, 0.1) is 12.1 Å². The summed E-state index contributed by atoms with van der Waals surface area (Å²) in [6.45, 7) is 0.558. The van der Waals surface area contributed by atoms with Gasteiger partial charge < -0.3 is 5.32 Å². The van der Waals surface area contributed by atoms with Crippen molar-refractivity contribution < 1.29 is 4.79 Å². The van der Waals surface area contributed by atoms with Crippen molar-refractivity contribution in [3.05, 3.63) is 113 Å². The quantitative estimate of drug-likeness (QED) is 0.459. The van der Waals surface area contributed by atoms with E-state index in [0.717, 1.165) is 16.3 Å². The molecule has 0 saturated heterocycles. The van der Waals surface area contributed by atoms with Crippen molar-refractivity contribution in [2.45, 2.75) is 12.3 Å². The average molecular weight is 399 g/mol. The summed E-state index contributed by atoms with van der Waals surface area (Å²) in [6.07, 6.45) is 0.291. The molecule has 1 heterocycles. The molecule has 1 amide bonds. The highest BCUT2D eigenvalue weighted by Gasteiger charge is 2.16. The van der Waals surface area contributed by atoms with Crippen molar-refractivity contribution >= 4 is 17.2 Å². The van der Waals surface area contributed by atoms with Gasteiger partial charge in [0.25, 0.3) is 0 Å². The Morgan fingerprint density at radius 2 is 1.38 bits per heavy atom. The highest BCUT2D eigenvalue weighted by atomic mass is 32.1. The Morgan fingerprint density at radius 1 is 0.828 bits per heavy atom. The van der Waals surface area contributed by atoms with Gasteiger partial charge in [-0.15, -0.1) is 11.3 Å². The lowest BCUT2D eigenvalue weighted by molar-refractivity contribution is -0.120. The molecule has 0 radical (unpaired) electrons. The van der Waals surface area contributed by atoms with Crippen molar-refractivity contribution in [1.29, 1.82) is 0 Å². The first kappa shape index (κ1) is 19.1. The van der Waals surface area contributed by atoms with Crippen LogP contribution in [0.4, 0.5) is 0 Å². The molecule has 4 aromatic rings. The molecule has 0 atom stereocenters. The van der Waals surface area contributed by atoms with Crippen LogP contribution in [0.3, 0.4) is 0 Å². The second kappa shape index (κ2) is 9.30. The minimum atomic E-state index is -0.00762. The fourth-order valence-corrected chi connectivity index (χ4v) is 4.17. The summed E-state index contributed by atoms with van der Waals surface area (Å²) in [7, 11) is 0. The van der Waals surface area contributed by atoms with Gasteiger partial charge in [0, 0.05) is 23.4 Å². The zero-order valence-electron chi connectivity index (χ0n) is 16.0. The number of rotatable bonds is 7. The third-order valence-corrected chi connectivity index (χ3v) is 5.76. The van der Waals surface area contributed by atoms with E-state index < -0.39 is 0 Å². The van der Waals surface area contributed by atoms with E-state index in [2.05, 4.69) is 34.6 Å². The number of nitrogens with zero attached hydrogens (tertiary/aromatic N) is 1. The van der Waals surface area contributed by atoms with E-state index in [9.17, 15) is 4.79 Å². The van der Waals surface area contributed by atoms with E-state index in [1.165, 1.54) is 11.1 Å². The second-order valence-corrected chi connectivity index (χ2v) is 7.72. The molecule has 4 rings (SSSR count). The molecule has 0 bridgehead atoms. The lowest BCUT2D eigenvalue weighted by Crippen LogP contribution is -2.30. The Morgan fingerprint density at radius 3 is 1.97 bits per heavy atom. The van der Waals surface area contributed by atoms with Gasteiger partial charge in [-0.2, -0.15) is 0 Å². The van der Waals surface area contributed by atoms with Crippen LogP contribution < -0.4 is 5.32 Å². The van der Waals surface area contributed by atoms with Crippen molar-refractivity contribution in [2.75, 3.05) is 6.54 Å². The Bertz CT molecular complexity index is 1010. The monoisotopic (exact) mass is 398 g/mol. The minimum Gasteiger partial charge on any atom is -0.355 e. The number of benzene rings is 3. The van der Waals surface area contributed by atoms with Crippen LogP contribution in [0.2, 0.25) is 0 Å². The maximum absolute atomic E-state index is 12.6. The molecule has 0 aliphatic rings. The topological polar surface area (TPSA) is 42.0 Å². The first-order chi connectivity index (χ1) is 14.3. The zero-order chi connectivity index (χ0) is 19.9. The van der Waals surface area contributed by atoms with E-state index >= 15 is 0 Å².